The first-order valence-electron chi connectivity index (χ1n) is 8.11. The number of aryl methyl sites for hydroxylation is 1. The van der Waals surface area contributed by atoms with Gasteiger partial charge in [0.1, 0.15) is 11.3 Å². The monoisotopic (exact) mass is 351 g/mol. The Labute approximate surface area is 140 Å². The van der Waals surface area contributed by atoms with E-state index in [0.29, 0.717) is 17.6 Å². The van der Waals surface area contributed by atoms with Crippen molar-refractivity contribution >= 4 is 20.8 Å². The highest BCUT2D eigenvalue weighted by Gasteiger charge is 2.27. The third kappa shape index (κ3) is 3.47. The zero-order valence-electron chi connectivity index (χ0n) is 13.5. The van der Waals surface area contributed by atoms with E-state index in [2.05, 4.69) is 5.32 Å². The van der Waals surface area contributed by atoms with Crippen LogP contribution in [-0.4, -0.2) is 31.1 Å². The molecule has 0 amide bonds. The van der Waals surface area contributed by atoms with E-state index in [9.17, 15) is 18.3 Å². The maximum absolute atomic E-state index is 11.8. The number of sulfone groups is 1. The number of phenols is 1. The Morgan fingerprint density at radius 1 is 1.38 bits per heavy atom. The lowest BCUT2D eigenvalue weighted by molar-refractivity contribution is 0.455. The van der Waals surface area contributed by atoms with Gasteiger partial charge in [0.25, 0.3) is 0 Å². The van der Waals surface area contributed by atoms with Crippen LogP contribution in [0.3, 0.4) is 0 Å². The molecule has 1 aliphatic heterocycles. The highest BCUT2D eigenvalue weighted by Crippen LogP contribution is 2.29. The summed E-state index contributed by atoms with van der Waals surface area (Å²) >= 11 is 0. The molecule has 0 bridgehead atoms. The molecule has 1 aromatic heterocycles. The van der Waals surface area contributed by atoms with E-state index in [1.165, 1.54) is 6.07 Å². The van der Waals surface area contributed by atoms with Gasteiger partial charge in [0.15, 0.2) is 9.84 Å². The second kappa shape index (κ2) is 6.57. The minimum absolute atomic E-state index is 0.0349. The Bertz CT molecular complexity index is 916. The van der Waals surface area contributed by atoms with Gasteiger partial charge in [0.2, 0.25) is 0 Å². The number of benzene rings is 1. The van der Waals surface area contributed by atoms with Crippen molar-refractivity contribution in [1.82, 2.24) is 5.32 Å². The van der Waals surface area contributed by atoms with Crippen LogP contribution in [0.15, 0.2) is 27.4 Å². The maximum atomic E-state index is 11.8. The van der Waals surface area contributed by atoms with Crippen LogP contribution in [0.4, 0.5) is 0 Å². The van der Waals surface area contributed by atoms with Gasteiger partial charge >= 0.3 is 5.63 Å². The van der Waals surface area contributed by atoms with Crippen LogP contribution in [0.5, 0.6) is 5.75 Å². The normalized spacial score (nSPS) is 19.8. The zero-order chi connectivity index (χ0) is 17.3. The van der Waals surface area contributed by atoms with Gasteiger partial charge in [-0.3, -0.25) is 0 Å². The smallest absolute Gasteiger partial charge is 0.336 e. The molecule has 0 saturated carbocycles. The van der Waals surface area contributed by atoms with Crippen molar-refractivity contribution in [3.63, 3.8) is 0 Å². The quantitative estimate of drug-likeness (QED) is 0.797. The molecular weight excluding hydrogens is 330 g/mol. The number of phenolic OH excluding ortho intramolecular Hbond substituents is 1. The number of hydrogen-bond acceptors (Lipinski definition) is 6. The summed E-state index contributed by atoms with van der Waals surface area (Å²) in [5.74, 6) is 0.318. The first-order valence-corrected chi connectivity index (χ1v) is 9.93. The molecule has 1 aromatic carbocycles. The van der Waals surface area contributed by atoms with Crippen molar-refractivity contribution in [2.75, 3.05) is 11.5 Å². The zero-order valence-corrected chi connectivity index (χ0v) is 14.4. The molecule has 1 fully saturated rings. The van der Waals surface area contributed by atoms with Crippen LogP contribution in [0.25, 0.3) is 11.0 Å². The van der Waals surface area contributed by atoms with E-state index < -0.39 is 15.5 Å². The number of hydrogen-bond donors (Lipinski definition) is 2. The summed E-state index contributed by atoms with van der Waals surface area (Å²) < 4.78 is 28.4. The average Bonchev–Trinajstić information content (AvgIpc) is 2.85. The summed E-state index contributed by atoms with van der Waals surface area (Å²) in [6.07, 6.45) is 2.20. The second-order valence-corrected chi connectivity index (χ2v) is 8.49. The molecule has 24 heavy (non-hydrogen) atoms. The number of rotatable bonds is 5. The molecule has 0 spiro atoms. The van der Waals surface area contributed by atoms with Crippen LogP contribution in [-0.2, 0) is 22.8 Å². The van der Waals surface area contributed by atoms with E-state index in [-0.39, 0.29) is 29.8 Å². The summed E-state index contributed by atoms with van der Waals surface area (Å²) in [4.78, 5) is 11.8. The topological polar surface area (TPSA) is 96.6 Å². The summed E-state index contributed by atoms with van der Waals surface area (Å²) in [6.45, 7) is 2.28. The summed E-state index contributed by atoms with van der Waals surface area (Å²) in [7, 11) is -2.97. The average molecular weight is 351 g/mol. The van der Waals surface area contributed by atoms with Crippen molar-refractivity contribution in [3.8, 4) is 5.75 Å². The SMILES string of the molecule is CCCc1cc(=O)oc2c(CN[C@@H]3CCS(=O)(=O)C3)c(O)ccc12. The fourth-order valence-electron chi connectivity index (χ4n) is 3.19. The Kier molecular flexibility index (Phi) is 4.64. The molecule has 0 aliphatic carbocycles. The van der Waals surface area contributed by atoms with Gasteiger partial charge < -0.3 is 14.8 Å². The molecule has 2 N–H and O–H groups in total. The van der Waals surface area contributed by atoms with Crippen LogP contribution in [0, 0.1) is 0 Å². The van der Waals surface area contributed by atoms with Crippen LogP contribution >= 0.6 is 0 Å². The summed E-state index contributed by atoms with van der Waals surface area (Å²) in [6, 6.07) is 4.69. The minimum Gasteiger partial charge on any atom is -0.507 e. The molecule has 130 valence electrons. The third-order valence-corrected chi connectivity index (χ3v) is 6.16. The molecule has 6 nitrogen and oxygen atoms in total. The summed E-state index contributed by atoms with van der Waals surface area (Å²) in [5, 5.41) is 14.1. The standard InChI is InChI=1S/C17H21NO5S/c1-2-3-11-8-16(20)23-17-13(11)4-5-15(19)14(17)9-18-12-6-7-24(21,22)10-12/h4-5,8,12,18-19H,2-3,6-7,9-10H2,1H3/t12-/m1/s1. The van der Waals surface area contributed by atoms with Crippen molar-refractivity contribution < 1.29 is 17.9 Å². The Hall–Kier alpha value is -1.86. The van der Waals surface area contributed by atoms with Crippen LogP contribution in [0.2, 0.25) is 0 Å². The van der Waals surface area contributed by atoms with Gasteiger partial charge in [0, 0.05) is 24.0 Å². The van der Waals surface area contributed by atoms with E-state index in [0.717, 1.165) is 23.8 Å². The first kappa shape index (κ1) is 17.0. The fourth-order valence-corrected chi connectivity index (χ4v) is 4.89. The van der Waals surface area contributed by atoms with Crippen molar-refractivity contribution in [1.29, 1.82) is 0 Å². The fraction of sp³-hybridized carbons (Fsp3) is 0.471. The Morgan fingerprint density at radius 2 is 2.17 bits per heavy atom. The van der Waals surface area contributed by atoms with E-state index >= 15 is 0 Å². The van der Waals surface area contributed by atoms with Gasteiger partial charge in [-0.25, -0.2) is 13.2 Å². The van der Waals surface area contributed by atoms with E-state index in [4.69, 9.17) is 4.42 Å². The predicted molar refractivity (Wildman–Crippen MR) is 92.0 cm³/mol. The van der Waals surface area contributed by atoms with Gasteiger partial charge in [-0.1, -0.05) is 13.3 Å². The molecule has 3 rings (SSSR count). The molecule has 2 aromatic rings. The van der Waals surface area contributed by atoms with Crippen molar-refractivity contribution in [3.05, 3.63) is 39.7 Å². The molecule has 1 saturated heterocycles. The number of nitrogens with one attached hydrogen (secondary N) is 1. The molecule has 2 heterocycles. The summed E-state index contributed by atoms with van der Waals surface area (Å²) in [5.41, 5.74) is 1.32. The lowest BCUT2D eigenvalue weighted by Gasteiger charge is -2.14. The minimum atomic E-state index is -2.97. The molecule has 1 aliphatic rings. The van der Waals surface area contributed by atoms with Crippen LogP contribution in [0.1, 0.15) is 30.9 Å². The number of fused-ring (bicyclic) bond motifs is 1. The second-order valence-electron chi connectivity index (χ2n) is 6.26. The van der Waals surface area contributed by atoms with Gasteiger partial charge in [-0.2, -0.15) is 0 Å². The maximum Gasteiger partial charge on any atom is 0.336 e. The Balaban J connectivity index is 1.95. The van der Waals surface area contributed by atoms with Crippen molar-refractivity contribution in [2.24, 2.45) is 0 Å². The molecule has 0 unspecified atom stereocenters. The van der Waals surface area contributed by atoms with E-state index in [1.807, 2.05) is 6.92 Å². The molecule has 0 radical (unpaired) electrons. The predicted octanol–water partition coefficient (Wildman–Crippen LogP) is 1.73. The molecule has 1 atom stereocenters. The highest BCUT2D eigenvalue weighted by molar-refractivity contribution is 7.91. The molecular formula is C17H21NO5S. The van der Waals surface area contributed by atoms with Crippen LogP contribution < -0.4 is 10.9 Å². The largest absolute Gasteiger partial charge is 0.507 e. The number of aromatic hydroxyl groups is 1. The van der Waals surface area contributed by atoms with Gasteiger partial charge in [-0.05, 0) is 30.5 Å². The lowest BCUT2D eigenvalue weighted by Crippen LogP contribution is -2.29. The van der Waals surface area contributed by atoms with E-state index in [1.54, 1.807) is 12.1 Å². The molecule has 7 heteroatoms. The highest BCUT2D eigenvalue weighted by atomic mass is 32.2. The Morgan fingerprint density at radius 3 is 2.83 bits per heavy atom. The van der Waals surface area contributed by atoms with Crippen molar-refractivity contribution in [2.45, 2.75) is 38.8 Å². The van der Waals surface area contributed by atoms with Gasteiger partial charge in [0.05, 0.1) is 17.1 Å². The first-order chi connectivity index (χ1) is 11.4. The van der Waals surface area contributed by atoms with Gasteiger partial charge in [-0.15, -0.1) is 0 Å². The lowest BCUT2D eigenvalue weighted by atomic mass is 10.0. The third-order valence-electron chi connectivity index (χ3n) is 4.40.